The lowest BCUT2D eigenvalue weighted by molar-refractivity contribution is 0.0696. The molecule has 0 spiro atoms. The summed E-state index contributed by atoms with van der Waals surface area (Å²) in [7, 11) is -2.43. The molecule has 0 amide bonds. The van der Waals surface area contributed by atoms with Crippen molar-refractivity contribution in [1.82, 2.24) is 4.72 Å². The standard InChI is InChI=1S/C18H17NO6S/c1-24-7-6-19-26(22,23)15-9-13(8-14(10-15)18(20)21)17-11-12-4-2-3-5-16(12)25-17/h2-5,8-11,19H,6-7H2,1H3,(H,20,21). The SMILES string of the molecule is COCCNS(=O)(=O)c1cc(C(=O)O)cc(-c2cc3ccccc3o2)c1. The molecule has 26 heavy (non-hydrogen) atoms. The molecule has 8 heteroatoms. The molecule has 0 saturated carbocycles. The molecular formula is C18H17NO6S. The zero-order valence-electron chi connectivity index (χ0n) is 13.9. The highest BCUT2D eigenvalue weighted by atomic mass is 32.2. The molecule has 7 nitrogen and oxygen atoms in total. The molecule has 0 aliphatic carbocycles. The number of carboxylic acids is 1. The minimum atomic E-state index is -3.88. The predicted octanol–water partition coefficient (Wildman–Crippen LogP) is 2.72. The van der Waals surface area contributed by atoms with E-state index >= 15 is 0 Å². The Morgan fingerprint density at radius 2 is 1.96 bits per heavy atom. The number of ether oxygens (including phenoxy) is 1. The van der Waals surface area contributed by atoms with E-state index in [0.29, 0.717) is 16.9 Å². The fourth-order valence-electron chi connectivity index (χ4n) is 2.51. The molecular weight excluding hydrogens is 358 g/mol. The molecule has 3 aromatic rings. The second-order valence-electron chi connectivity index (χ2n) is 5.59. The molecule has 0 saturated heterocycles. The van der Waals surface area contributed by atoms with Gasteiger partial charge in [-0.15, -0.1) is 0 Å². The van der Waals surface area contributed by atoms with Crippen LogP contribution in [-0.2, 0) is 14.8 Å². The van der Waals surface area contributed by atoms with E-state index in [2.05, 4.69) is 4.72 Å². The van der Waals surface area contributed by atoms with Crippen LogP contribution in [0.4, 0.5) is 0 Å². The predicted molar refractivity (Wildman–Crippen MR) is 95.7 cm³/mol. The van der Waals surface area contributed by atoms with Gasteiger partial charge in [0.1, 0.15) is 11.3 Å². The van der Waals surface area contributed by atoms with Crippen molar-refractivity contribution in [1.29, 1.82) is 0 Å². The molecule has 2 N–H and O–H groups in total. The molecule has 0 bridgehead atoms. The maximum Gasteiger partial charge on any atom is 0.335 e. The third-order valence-electron chi connectivity index (χ3n) is 3.77. The Morgan fingerprint density at radius 1 is 1.19 bits per heavy atom. The minimum Gasteiger partial charge on any atom is -0.478 e. The van der Waals surface area contributed by atoms with Gasteiger partial charge in [0, 0.05) is 24.6 Å². The summed E-state index contributed by atoms with van der Waals surface area (Å²) in [6.07, 6.45) is 0. The van der Waals surface area contributed by atoms with Gasteiger partial charge in [-0.05, 0) is 30.3 Å². The van der Waals surface area contributed by atoms with Crippen molar-refractivity contribution in [2.45, 2.75) is 4.90 Å². The quantitative estimate of drug-likeness (QED) is 0.615. The van der Waals surface area contributed by atoms with Gasteiger partial charge in [0.05, 0.1) is 17.1 Å². The second-order valence-corrected chi connectivity index (χ2v) is 7.36. The number of carbonyl (C=O) groups is 1. The Morgan fingerprint density at radius 3 is 2.65 bits per heavy atom. The number of aromatic carboxylic acids is 1. The first kappa shape index (κ1) is 18.1. The van der Waals surface area contributed by atoms with Gasteiger partial charge in [0.25, 0.3) is 0 Å². The summed E-state index contributed by atoms with van der Waals surface area (Å²) < 4.78 is 37.8. The van der Waals surface area contributed by atoms with Crippen molar-refractivity contribution in [2.24, 2.45) is 0 Å². The van der Waals surface area contributed by atoms with Crippen molar-refractivity contribution in [2.75, 3.05) is 20.3 Å². The van der Waals surface area contributed by atoms with Crippen LogP contribution in [0.3, 0.4) is 0 Å². The van der Waals surface area contributed by atoms with Crippen LogP contribution in [-0.4, -0.2) is 39.8 Å². The highest BCUT2D eigenvalue weighted by Gasteiger charge is 2.19. The molecule has 0 aliphatic rings. The number of rotatable bonds is 7. The third-order valence-corrected chi connectivity index (χ3v) is 5.21. The van der Waals surface area contributed by atoms with E-state index in [1.807, 2.05) is 18.2 Å². The number of carboxylic acid groups (broad SMARTS) is 1. The number of methoxy groups -OCH3 is 1. The summed E-state index contributed by atoms with van der Waals surface area (Å²) in [5.74, 6) is -0.834. The van der Waals surface area contributed by atoms with E-state index in [4.69, 9.17) is 9.15 Å². The number of fused-ring (bicyclic) bond motifs is 1. The van der Waals surface area contributed by atoms with Gasteiger partial charge in [0.15, 0.2) is 0 Å². The summed E-state index contributed by atoms with van der Waals surface area (Å²) in [5.41, 5.74) is 0.856. The van der Waals surface area contributed by atoms with E-state index in [1.165, 1.54) is 19.2 Å². The van der Waals surface area contributed by atoms with Crippen LogP contribution >= 0.6 is 0 Å². The highest BCUT2D eigenvalue weighted by molar-refractivity contribution is 7.89. The Labute approximate surface area is 150 Å². The van der Waals surface area contributed by atoms with Crippen molar-refractivity contribution < 1.29 is 27.5 Å². The van der Waals surface area contributed by atoms with Gasteiger partial charge >= 0.3 is 5.97 Å². The molecule has 2 aromatic carbocycles. The normalized spacial score (nSPS) is 11.7. The monoisotopic (exact) mass is 375 g/mol. The molecule has 1 heterocycles. The Kier molecular flexibility index (Phi) is 5.08. The summed E-state index contributed by atoms with van der Waals surface area (Å²) in [5, 5.41) is 10.2. The van der Waals surface area contributed by atoms with Crippen molar-refractivity contribution in [3.05, 3.63) is 54.1 Å². The van der Waals surface area contributed by atoms with Gasteiger partial charge in [-0.1, -0.05) is 18.2 Å². The zero-order valence-corrected chi connectivity index (χ0v) is 14.7. The van der Waals surface area contributed by atoms with Gasteiger partial charge in [-0.25, -0.2) is 17.9 Å². The first-order valence-corrected chi connectivity index (χ1v) is 9.25. The molecule has 0 atom stereocenters. The first-order valence-electron chi connectivity index (χ1n) is 7.76. The van der Waals surface area contributed by atoms with Crippen LogP contribution in [0, 0.1) is 0 Å². The van der Waals surface area contributed by atoms with Crippen LogP contribution in [0.5, 0.6) is 0 Å². The second kappa shape index (κ2) is 7.28. The van der Waals surface area contributed by atoms with E-state index in [1.54, 1.807) is 12.1 Å². The molecule has 3 rings (SSSR count). The average molecular weight is 375 g/mol. The van der Waals surface area contributed by atoms with Crippen LogP contribution in [0.2, 0.25) is 0 Å². The van der Waals surface area contributed by atoms with Crippen molar-refractivity contribution >= 4 is 27.0 Å². The average Bonchev–Trinajstić information content (AvgIpc) is 3.05. The number of benzene rings is 2. The lowest BCUT2D eigenvalue weighted by Crippen LogP contribution is -2.27. The molecule has 0 radical (unpaired) electrons. The lowest BCUT2D eigenvalue weighted by Gasteiger charge is -2.09. The maximum atomic E-state index is 12.4. The zero-order chi connectivity index (χ0) is 18.7. The Hall–Kier alpha value is -2.68. The van der Waals surface area contributed by atoms with Gasteiger partial charge in [-0.3, -0.25) is 0 Å². The molecule has 0 unspecified atom stereocenters. The van der Waals surface area contributed by atoms with Crippen molar-refractivity contribution in [3.8, 4) is 11.3 Å². The molecule has 0 fully saturated rings. The van der Waals surface area contributed by atoms with Crippen LogP contribution in [0.1, 0.15) is 10.4 Å². The number of hydrogen-bond donors (Lipinski definition) is 2. The number of hydrogen-bond acceptors (Lipinski definition) is 5. The molecule has 1 aromatic heterocycles. The number of nitrogens with one attached hydrogen (secondary N) is 1. The van der Waals surface area contributed by atoms with E-state index in [9.17, 15) is 18.3 Å². The largest absolute Gasteiger partial charge is 0.478 e. The number of sulfonamides is 1. The number of para-hydroxylation sites is 1. The van der Waals surface area contributed by atoms with Gasteiger partial charge < -0.3 is 14.3 Å². The fourth-order valence-corrected chi connectivity index (χ4v) is 3.59. The molecule has 0 aliphatic heterocycles. The third kappa shape index (κ3) is 3.77. The van der Waals surface area contributed by atoms with Crippen LogP contribution in [0.25, 0.3) is 22.3 Å². The lowest BCUT2D eigenvalue weighted by atomic mass is 10.1. The Bertz CT molecular complexity index is 1020. The summed E-state index contributed by atoms with van der Waals surface area (Å²) >= 11 is 0. The van der Waals surface area contributed by atoms with E-state index in [-0.39, 0.29) is 23.6 Å². The number of furan rings is 1. The summed E-state index contributed by atoms with van der Waals surface area (Å²) in [6, 6.07) is 12.9. The topological polar surface area (TPSA) is 106 Å². The first-order chi connectivity index (χ1) is 12.4. The van der Waals surface area contributed by atoms with E-state index < -0.39 is 16.0 Å². The van der Waals surface area contributed by atoms with E-state index in [0.717, 1.165) is 11.5 Å². The minimum absolute atomic E-state index is 0.0795. The van der Waals surface area contributed by atoms with Gasteiger partial charge in [-0.2, -0.15) is 0 Å². The van der Waals surface area contributed by atoms with Crippen molar-refractivity contribution in [3.63, 3.8) is 0 Å². The fraction of sp³-hybridized carbons (Fsp3) is 0.167. The van der Waals surface area contributed by atoms with Crippen LogP contribution < -0.4 is 4.72 Å². The smallest absolute Gasteiger partial charge is 0.335 e. The van der Waals surface area contributed by atoms with Crippen LogP contribution in [0.15, 0.2) is 57.8 Å². The Balaban J connectivity index is 2.08. The summed E-state index contributed by atoms with van der Waals surface area (Å²) in [6.45, 7) is 0.282. The maximum absolute atomic E-state index is 12.4. The highest BCUT2D eigenvalue weighted by Crippen LogP contribution is 2.30. The molecule has 136 valence electrons. The summed E-state index contributed by atoms with van der Waals surface area (Å²) in [4.78, 5) is 11.3. The van der Waals surface area contributed by atoms with Gasteiger partial charge in [0.2, 0.25) is 10.0 Å².